The highest BCUT2D eigenvalue weighted by molar-refractivity contribution is 7.15. The number of rotatable bonds is 5. The van der Waals surface area contributed by atoms with Gasteiger partial charge >= 0.3 is 0 Å². The topological polar surface area (TPSA) is 77.0 Å². The largest absolute Gasteiger partial charge is 0.335 e. The van der Waals surface area contributed by atoms with Crippen molar-refractivity contribution in [2.75, 3.05) is 6.54 Å². The summed E-state index contributed by atoms with van der Waals surface area (Å²) in [6, 6.07) is 4.55. The second-order valence-electron chi connectivity index (χ2n) is 7.36. The number of hydrogen-bond acceptors (Lipinski definition) is 5. The van der Waals surface area contributed by atoms with Gasteiger partial charge in [-0.05, 0) is 37.1 Å². The predicted molar refractivity (Wildman–Crippen MR) is 113 cm³/mol. The van der Waals surface area contributed by atoms with Crippen LogP contribution >= 0.6 is 23.7 Å². The summed E-state index contributed by atoms with van der Waals surface area (Å²) in [5.74, 6) is -3.46. The van der Waals surface area contributed by atoms with Crippen LogP contribution < -0.4 is 5.73 Å². The Labute approximate surface area is 187 Å². The van der Waals surface area contributed by atoms with Crippen molar-refractivity contribution in [1.82, 2.24) is 19.9 Å². The van der Waals surface area contributed by atoms with Crippen LogP contribution in [-0.4, -0.2) is 38.4 Å². The number of carbonyl (C=O) groups is 1. The summed E-state index contributed by atoms with van der Waals surface area (Å²) in [6.07, 6.45) is -0.102. The zero-order valence-electron chi connectivity index (χ0n) is 16.6. The Bertz CT molecular complexity index is 1100. The molecule has 0 aliphatic carbocycles. The number of carbonyl (C=O) groups excluding carboxylic acids is 1. The van der Waals surface area contributed by atoms with Gasteiger partial charge in [-0.15, -0.1) is 28.8 Å². The molecule has 6 nitrogen and oxygen atoms in total. The molecule has 1 amide bonds. The number of fused-ring (bicyclic) bond motifs is 1. The monoisotopic (exact) mass is 471 g/mol. The van der Waals surface area contributed by atoms with E-state index in [1.807, 2.05) is 19.1 Å². The third-order valence-corrected chi connectivity index (χ3v) is 6.10. The van der Waals surface area contributed by atoms with Gasteiger partial charge in [0.2, 0.25) is 5.91 Å². The molecule has 2 aromatic heterocycles. The van der Waals surface area contributed by atoms with Gasteiger partial charge in [-0.2, -0.15) is 0 Å². The van der Waals surface area contributed by atoms with E-state index < -0.39 is 23.5 Å². The molecular weight excluding hydrogens is 451 g/mol. The molecule has 0 saturated carbocycles. The first-order chi connectivity index (χ1) is 14.3. The molecule has 0 bridgehead atoms. The van der Waals surface area contributed by atoms with Gasteiger partial charge in [0.25, 0.3) is 0 Å². The second kappa shape index (κ2) is 9.37. The summed E-state index contributed by atoms with van der Waals surface area (Å²) in [6.45, 7) is 3.34. The number of amides is 1. The molecule has 0 spiro atoms. The summed E-state index contributed by atoms with van der Waals surface area (Å²) >= 11 is 1.61. The Balaban J connectivity index is 0.00000272. The van der Waals surface area contributed by atoms with Gasteiger partial charge in [0, 0.05) is 30.0 Å². The zero-order chi connectivity index (χ0) is 21.4. The molecule has 1 aliphatic rings. The van der Waals surface area contributed by atoms with Crippen LogP contribution in [0.5, 0.6) is 0 Å². The first-order valence-corrected chi connectivity index (χ1v) is 10.3. The van der Waals surface area contributed by atoms with Crippen molar-refractivity contribution < 1.29 is 18.0 Å². The maximum Gasteiger partial charge on any atom is 0.224 e. The summed E-state index contributed by atoms with van der Waals surface area (Å²) < 4.78 is 42.1. The van der Waals surface area contributed by atoms with Crippen LogP contribution in [0.2, 0.25) is 0 Å². The van der Waals surface area contributed by atoms with Crippen LogP contribution in [0.3, 0.4) is 0 Å². The predicted octanol–water partition coefficient (Wildman–Crippen LogP) is 3.46. The number of hydrogen-bond donors (Lipinski definition) is 1. The van der Waals surface area contributed by atoms with Crippen molar-refractivity contribution >= 4 is 29.7 Å². The Morgan fingerprint density at radius 3 is 2.65 bits per heavy atom. The molecule has 166 valence electrons. The summed E-state index contributed by atoms with van der Waals surface area (Å²) in [4.78, 5) is 16.6. The Hall–Kier alpha value is -2.43. The van der Waals surface area contributed by atoms with E-state index in [4.69, 9.17) is 5.73 Å². The van der Waals surface area contributed by atoms with Crippen molar-refractivity contribution in [1.29, 1.82) is 0 Å². The van der Waals surface area contributed by atoms with E-state index in [9.17, 15) is 18.0 Å². The van der Waals surface area contributed by atoms with Crippen LogP contribution in [0.15, 0.2) is 24.3 Å². The van der Waals surface area contributed by atoms with E-state index in [1.165, 1.54) is 0 Å². The van der Waals surface area contributed by atoms with E-state index in [0.717, 1.165) is 27.2 Å². The van der Waals surface area contributed by atoms with Crippen molar-refractivity contribution in [2.45, 2.75) is 38.9 Å². The van der Waals surface area contributed by atoms with Crippen LogP contribution in [-0.2, 0) is 24.3 Å². The minimum Gasteiger partial charge on any atom is -0.335 e. The van der Waals surface area contributed by atoms with Gasteiger partial charge in [0.15, 0.2) is 11.6 Å². The van der Waals surface area contributed by atoms with E-state index in [1.54, 1.807) is 20.9 Å². The fraction of sp³-hybridized carbons (Fsp3) is 0.350. The Kier molecular flexibility index (Phi) is 7.03. The van der Waals surface area contributed by atoms with E-state index >= 15 is 0 Å². The molecule has 31 heavy (non-hydrogen) atoms. The molecule has 0 unspecified atom stereocenters. The van der Waals surface area contributed by atoms with Crippen LogP contribution in [0, 0.1) is 24.4 Å². The van der Waals surface area contributed by atoms with E-state index in [-0.39, 0.29) is 36.7 Å². The van der Waals surface area contributed by atoms with E-state index in [2.05, 4.69) is 10.3 Å². The van der Waals surface area contributed by atoms with Gasteiger partial charge in [-0.25, -0.2) is 17.9 Å². The SMILES string of the molecule is Cc1ccc(-c2nnn3c2CN(C(=O)C[C@H](N)Cc2cc(F)c(F)cc2F)CC3)s1.Cl. The number of benzene rings is 1. The number of aryl methyl sites for hydroxylation is 1. The number of aromatic nitrogens is 3. The molecule has 1 atom stereocenters. The first-order valence-electron chi connectivity index (χ1n) is 9.47. The lowest BCUT2D eigenvalue weighted by Crippen LogP contribution is -2.41. The van der Waals surface area contributed by atoms with Gasteiger partial charge < -0.3 is 10.6 Å². The molecule has 3 heterocycles. The number of nitrogens with two attached hydrogens (primary N) is 1. The smallest absolute Gasteiger partial charge is 0.224 e. The van der Waals surface area contributed by atoms with Crippen molar-refractivity contribution in [3.63, 3.8) is 0 Å². The quantitative estimate of drug-likeness (QED) is 0.578. The number of nitrogens with zero attached hydrogens (tertiary/aromatic N) is 4. The minimum absolute atomic E-state index is 0. The Morgan fingerprint density at radius 2 is 1.94 bits per heavy atom. The highest BCUT2D eigenvalue weighted by Gasteiger charge is 2.27. The van der Waals surface area contributed by atoms with Crippen molar-refractivity contribution in [3.8, 4) is 10.6 Å². The molecule has 0 fully saturated rings. The number of thiophene rings is 1. The molecule has 1 aliphatic heterocycles. The highest BCUT2D eigenvalue weighted by Crippen LogP contribution is 2.30. The molecular formula is C20H21ClF3N5OS. The number of halogens is 4. The molecule has 1 aromatic carbocycles. The molecule has 0 radical (unpaired) electrons. The fourth-order valence-electron chi connectivity index (χ4n) is 3.54. The molecule has 4 rings (SSSR count). The van der Waals surface area contributed by atoms with Gasteiger partial charge in [0.1, 0.15) is 11.5 Å². The van der Waals surface area contributed by atoms with Crippen LogP contribution in [0.4, 0.5) is 13.2 Å². The maximum absolute atomic E-state index is 13.8. The average Bonchev–Trinajstić information content (AvgIpc) is 3.31. The summed E-state index contributed by atoms with van der Waals surface area (Å²) in [7, 11) is 0. The standard InChI is InChI=1S/C20H20F3N5OS.ClH/c1-11-2-3-18(30-11)20-17-10-27(4-5-28(17)26-25-20)19(29)8-13(24)6-12-7-15(22)16(23)9-14(12)21;/h2-3,7,9,13H,4-6,8,10,24H2,1H3;1H/t13-;/m1./s1. The normalized spacial score (nSPS) is 14.2. The van der Waals surface area contributed by atoms with Gasteiger partial charge in [-0.3, -0.25) is 4.79 Å². The molecule has 11 heteroatoms. The highest BCUT2D eigenvalue weighted by atomic mass is 35.5. The lowest BCUT2D eigenvalue weighted by molar-refractivity contribution is -0.133. The molecule has 0 saturated heterocycles. The fourth-order valence-corrected chi connectivity index (χ4v) is 4.41. The average molecular weight is 472 g/mol. The second-order valence-corrected chi connectivity index (χ2v) is 8.65. The van der Waals surface area contributed by atoms with Crippen molar-refractivity contribution in [2.24, 2.45) is 5.73 Å². The van der Waals surface area contributed by atoms with E-state index in [0.29, 0.717) is 25.7 Å². The molecule has 2 N–H and O–H groups in total. The lowest BCUT2D eigenvalue weighted by atomic mass is 10.0. The lowest BCUT2D eigenvalue weighted by Gasteiger charge is -2.28. The third-order valence-electron chi connectivity index (χ3n) is 5.09. The Morgan fingerprint density at radius 1 is 1.19 bits per heavy atom. The third kappa shape index (κ3) is 4.91. The summed E-state index contributed by atoms with van der Waals surface area (Å²) in [5.41, 5.74) is 7.58. The minimum atomic E-state index is -1.25. The van der Waals surface area contributed by atoms with Crippen LogP contribution in [0.1, 0.15) is 22.6 Å². The van der Waals surface area contributed by atoms with Gasteiger partial charge in [0.05, 0.1) is 23.7 Å². The first kappa shape index (κ1) is 23.2. The van der Waals surface area contributed by atoms with Crippen molar-refractivity contribution in [3.05, 3.63) is 57.9 Å². The van der Waals surface area contributed by atoms with Crippen LogP contribution in [0.25, 0.3) is 10.6 Å². The summed E-state index contributed by atoms with van der Waals surface area (Å²) in [5, 5.41) is 8.45. The molecule has 3 aromatic rings. The zero-order valence-corrected chi connectivity index (χ0v) is 18.3. The van der Waals surface area contributed by atoms with Gasteiger partial charge in [-0.1, -0.05) is 5.21 Å². The maximum atomic E-state index is 13.8.